The van der Waals surface area contributed by atoms with Crippen LogP contribution >= 0.6 is 24.0 Å². The largest absolute Gasteiger partial charge is 0.370 e. The van der Waals surface area contributed by atoms with Gasteiger partial charge >= 0.3 is 0 Å². The summed E-state index contributed by atoms with van der Waals surface area (Å²) >= 11 is 0. The van der Waals surface area contributed by atoms with Gasteiger partial charge in [0.25, 0.3) is 0 Å². The zero-order valence-electron chi connectivity index (χ0n) is 15.3. The predicted molar refractivity (Wildman–Crippen MR) is 114 cm³/mol. The van der Waals surface area contributed by atoms with Crippen molar-refractivity contribution in [1.82, 2.24) is 10.2 Å². The number of primary amides is 1. The lowest BCUT2D eigenvalue weighted by molar-refractivity contribution is -0.119. The van der Waals surface area contributed by atoms with Gasteiger partial charge in [0, 0.05) is 39.0 Å². The first-order chi connectivity index (χ1) is 11.6. The van der Waals surface area contributed by atoms with Gasteiger partial charge in [-0.3, -0.25) is 9.79 Å². The zero-order chi connectivity index (χ0) is 17.4. The van der Waals surface area contributed by atoms with Gasteiger partial charge in [-0.1, -0.05) is 37.3 Å². The number of carbonyl (C=O) groups excluding carboxylic acids is 1. The molecule has 1 aliphatic heterocycles. The number of benzene rings is 1. The lowest BCUT2D eigenvalue weighted by Crippen LogP contribution is -2.48. The molecule has 0 aromatic heterocycles. The van der Waals surface area contributed by atoms with E-state index < -0.39 is 0 Å². The van der Waals surface area contributed by atoms with Gasteiger partial charge < -0.3 is 16.0 Å². The normalized spacial score (nSPS) is 19.0. The van der Waals surface area contributed by atoms with Crippen molar-refractivity contribution in [3.63, 3.8) is 0 Å². The van der Waals surface area contributed by atoms with Crippen molar-refractivity contribution in [1.29, 1.82) is 0 Å². The standard InChI is InChI=1S/C19H30N4O.HI/c1-3-16(17-9-5-4-6-10-17)13-22-19(21-2)23-11-7-8-15(14-23)12-18(20)24;/h4-6,9-10,15-16H,3,7-8,11-14H2,1-2H3,(H2,20,24)(H,21,22);1H. The van der Waals surface area contributed by atoms with E-state index in [4.69, 9.17) is 5.73 Å². The fraction of sp³-hybridized carbons (Fsp3) is 0.579. The van der Waals surface area contributed by atoms with Gasteiger partial charge in [0.05, 0.1) is 0 Å². The van der Waals surface area contributed by atoms with Gasteiger partial charge in [-0.25, -0.2) is 0 Å². The molecule has 1 heterocycles. The third-order valence-corrected chi connectivity index (χ3v) is 4.79. The maximum atomic E-state index is 11.2. The summed E-state index contributed by atoms with van der Waals surface area (Å²) in [5.74, 6) is 1.53. The minimum absolute atomic E-state index is 0. The van der Waals surface area contributed by atoms with Gasteiger partial charge in [-0.15, -0.1) is 24.0 Å². The molecule has 1 aromatic rings. The summed E-state index contributed by atoms with van der Waals surface area (Å²) in [7, 11) is 1.82. The number of piperidine rings is 1. The molecule has 0 radical (unpaired) electrons. The molecular formula is C19H31IN4O. The molecule has 25 heavy (non-hydrogen) atoms. The van der Waals surface area contributed by atoms with E-state index in [1.54, 1.807) is 0 Å². The van der Waals surface area contributed by atoms with Crippen molar-refractivity contribution in [3.8, 4) is 0 Å². The Bertz CT molecular complexity index is 550. The van der Waals surface area contributed by atoms with E-state index in [1.165, 1.54) is 5.56 Å². The third kappa shape index (κ3) is 6.84. The smallest absolute Gasteiger partial charge is 0.217 e. The molecule has 0 spiro atoms. The number of nitrogens with one attached hydrogen (secondary N) is 1. The number of halogens is 1. The first-order valence-corrected chi connectivity index (χ1v) is 8.92. The first kappa shape index (κ1) is 21.7. The molecule has 2 atom stereocenters. The maximum absolute atomic E-state index is 11.2. The molecule has 5 nitrogen and oxygen atoms in total. The average Bonchev–Trinajstić information content (AvgIpc) is 2.59. The Hall–Kier alpha value is -1.31. The summed E-state index contributed by atoms with van der Waals surface area (Å²) in [5.41, 5.74) is 6.71. The van der Waals surface area contributed by atoms with Gasteiger partial charge in [-0.05, 0) is 30.7 Å². The number of carbonyl (C=O) groups is 1. The van der Waals surface area contributed by atoms with Crippen LogP contribution in [0.2, 0.25) is 0 Å². The number of nitrogens with two attached hydrogens (primary N) is 1. The van der Waals surface area contributed by atoms with E-state index in [0.29, 0.717) is 18.3 Å². The second-order valence-corrected chi connectivity index (χ2v) is 6.57. The van der Waals surface area contributed by atoms with Crippen LogP contribution in [0.25, 0.3) is 0 Å². The van der Waals surface area contributed by atoms with Crippen molar-refractivity contribution < 1.29 is 4.79 Å². The van der Waals surface area contributed by atoms with Crippen LogP contribution in [-0.4, -0.2) is 43.4 Å². The predicted octanol–water partition coefficient (Wildman–Crippen LogP) is 2.96. The fourth-order valence-corrected chi connectivity index (χ4v) is 3.48. The molecule has 140 valence electrons. The summed E-state index contributed by atoms with van der Waals surface area (Å²) in [6, 6.07) is 10.6. The van der Waals surface area contributed by atoms with Crippen LogP contribution in [-0.2, 0) is 4.79 Å². The topological polar surface area (TPSA) is 70.7 Å². The highest BCUT2D eigenvalue weighted by molar-refractivity contribution is 14.0. The number of guanidine groups is 1. The highest BCUT2D eigenvalue weighted by atomic mass is 127. The van der Waals surface area contributed by atoms with Gasteiger partial charge in [0.1, 0.15) is 0 Å². The number of amides is 1. The summed E-state index contributed by atoms with van der Waals surface area (Å²) in [6.45, 7) is 4.91. The highest BCUT2D eigenvalue weighted by Crippen LogP contribution is 2.21. The number of rotatable bonds is 6. The molecule has 1 fully saturated rings. The average molecular weight is 458 g/mol. The Morgan fingerprint density at radius 2 is 2.12 bits per heavy atom. The Morgan fingerprint density at radius 3 is 2.72 bits per heavy atom. The van der Waals surface area contributed by atoms with Crippen LogP contribution in [0.1, 0.15) is 44.1 Å². The fourth-order valence-electron chi connectivity index (χ4n) is 3.48. The van der Waals surface area contributed by atoms with E-state index >= 15 is 0 Å². The lowest BCUT2D eigenvalue weighted by atomic mass is 9.94. The van der Waals surface area contributed by atoms with Crippen molar-refractivity contribution in [2.24, 2.45) is 16.6 Å². The molecule has 0 bridgehead atoms. The van der Waals surface area contributed by atoms with E-state index in [1.807, 2.05) is 7.05 Å². The lowest BCUT2D eigenvalue weighted by Gasteiger charge is -2.35. The van der Waals surface area contributed by atoms with E-state index in [9.17, 15) is 4.79 Å². The summed E-state index contributed by atoms with van der Waals surface area (Å²) in [6.07, 6.45) is 3.69. The molecule has 0 saturated carbocycles. The number of likely N-dealkylation sites (tertiary alicyclic amines) is 1. The second kappa shape index (κ2) is 11.3. The monoisotopic (exact) mass is 458 g/mol. The highest BCUT2D eigenvalue weighted by Gasteiger charge is 2.23. The summed E-state index contributed by atoms with van der Waals surface area (Å²) < 4.78 is 0. The van der Waals surface area contributed by atoms with Crippen molar-refractivity contribution >= 4 is 35.8 Å². The second-order valence-electron chi connectivity index (χ2n) is 6.57. The Labute approximate surface area is 168 Å². The van der Waals surface area contributed by atoms with Crippen LogP contribution < -0.4 is 11.1 Å². The van der Waals surface area contributed by atoms with Crippen LogP contribution in [0, 0.1) is 5.92 Å². The summed E-state index contributed by atoms with van der Waals surface area (Å²) in [5, 5.41) is 3.52. The molecule has 6 heteroatoms. The molecular weight excluding hydrogens is 427 g/mol. The summed E-state index contributed by atoms with van der Waals surface area (Å²) in [4.78, 5) is 17.9. The van der Waals surface area contributed by atoms with Crippen LogP contribution in [0.15, 0.2) is 35.3 Å². The van der Waals surface area contributed by atoms with Crippen LogP contribution in [0.5, 0.6) is 0 Å². The Morgan fingerprint density at radius 1 is 1.40 bits per heavy atom. The SMILES string of the molecule is CCC(CNC(=NC)N1CCCC(CC(N)=O)C1)c1ccccc1.I. The molecule has 1 aliphatic rings. The Balaban J connectivity index is 0.00000312. The van der Waals surface area contributed by atoms with Crippen LogP contribution in [0.4, 0.5) is 0 Å². The molecule has 2 rings (SSSR count). The zero-order valence-corrected chi connectivity index (χ0v) is 17.6. The molecule has 1 amide bonds. The minimum atomic E-state index is -0.208. The molecule has 2 unspecified atom stereocenters. The van der Waals surface area contributed by atoms with Crippen molar-refractivity contribution in [2.75, 3.05) is 26.7 Å². The quantitative estimate of drug-likeness (QED) is 0.391. The van der Waals surface area contributed by atoms with E-state index in [-0.39, 0.29) is 29.9 Å². The molecule has 3 N–H and O–H groups in total. The molecule has 1 aromatic carbocycles. The number of hydrogen-bond donors (Lipinski definition) is 2. The molecule has 1 saturated heterocycles. The van der Waals surface area contributed by atoms with E-state index in [0.717, 1.165) is 44.9 Å². The van der Waals surface area contributed by atoms with Gasteiger partial charge in [0.2, 0.25) is 5.91 Å². The minimum Gasteiger partial charge on any atom is -0.370 e. The molecule has 0 aliphatic carbocycles. The maximum Gasteiger partial charge on any atom is 0.217 e. The number of hydrogen-bond acceptors (Lipinski definition) is 2. The van der Waals surface area contributed by atoms with Crippen molar-refractivity contribution in [3.05, 3.63) is 35.9 Å². The number of nitrogens with zero attached hydrogens (tertiary/aromatic N) is 2. The van der Waals surface area contributed by atoms with Crippen LogP contribution in [0.3, 0.4) is 0 Å². The Kier molecular flexibility index (Phi) is 9.85. The van der Waals surface area contributed by atoms with E-state index in [2.05, 4.69) is 52.5 Å². The number of aliphatic imine (C=N–C) groups is 1. The first-order valence-electron chi connectivity index (χ1n) is 8.92. The van der Waals surface area contributed by atoms with Gasteiger partial charge in [0.15, 0.2) is 5.96 Å². The van der Waals surface area contributed by atoms with Gasteiger partial charge in [-0.2, -0.15) is 0 Å². The third-order valence-electron chi connectivity index (χ3n) is 4.79. The van der Waals surface area contributed by atoms with Crippen molar-refractivity contribution in [2.45, 2.75) is 38.5 Å².